The minimum absolute atomic E-state index is 0.304. The van der Waals surface area contributed by atoms with Gasteiger partial charge >= 0.3 is 0 Å². The van der Waals surface area contributed by atoms with Crippen molar-refractivity contribution in [2.24, 2.45) is 4.99 Å². The third kappa shape index (κ3) is 6.11. The van der Waals surface area contributed by atoms with E-state index in [2.05, 4.69) is 27.5 Å². The highest BCUT2D eigenvalue weighted by Gasteiger charge is 2.12. The number of aryl methyl sites for hydroxylation is 2. The Hall–Kier alpha value is -2.32. The number of hydrogen-bond acceptors (Lipinski definition) is 6. The van der Waals surface area contributed by atoms with E-state index in [0.29, 0.717) is 36.1 Å². The van der Waals surface area contributed by atoms with Gasteiger partial charge in [0, 0.05) is 24.0 Å². The molecule has 1 aromatic heterocycles. The molecule has 0 saturated carbocycles. The van der Waals surface area contributed by atoms with E-state index in [4.69, 9.17) is 9.47 Å². The van der Waals surface area contributed by atoms with Crippen LogP contribution in [0.5, 0.6) is 11.5 Å². The first-order valence-corrected chi connectivity index (χ1v) is 9.64. The van der Waals surface area contributed by atoms with Gasteiger partial charge in [0.25, 0.3) is 0 Å². The lowest BCUT2D eigenvalue weighted by molar-refractivity contribution is 0.180. The molecule has 2 aromatic rings. The fourth-order valence-electron chi connectivity index (χ4n) is 2.43. The molecule has 7 nitrogen and oxygen atoms in total. The molecule has 0 aliphatic rings. The standard InChI is InChI=1S/C19H28N4O3S/c1-6-20-19(22-11-18-23-12(2)13(3)27-18)21-10-17(24)14-7-15(25-4)9-16(8-14)26-5/h7-9,17,24H,6,10-11H2,1-5H3,(H2,20,21,22). The van der Waals surface area contributed by atoms with E-state index in [1.165, 1.54) is 4.88 Å². The van der Waals surface area contributed by atoms with Gasteiger partial charge in [-0.05, 0) is 38.5 Å². The molecule has 2 rings (SSSR count). The van der Waals surface area contributed by atoms with Gasteiger partial charge in [-0.3, -0.25) is 0 Å². The average molecular weight is 393 g/mol. The summed E-state index contributed by atoms with van der Waals surface area (Å²) < 4.78 is 10.5. The van der Waals surface area contributed by atoms with Gasteiger partial charge < -0.3 is 25.2 Å². The summed E-state index contributed by atoms with van der Waals surface area (Å²) in [5, 5.41) is 17.9. The van der Waals surface area contributed by atoms with Crippen LogP contribution in [-0.2, 0) is 6.54 Å². The summed E-state index contributed by atoms with van der Waals surface area (Å²) >= 11 is 1.65. The molecular formula is C19H28N4O3S. The van der Waals surface area contributed by atoms with Gasteiger partial charge in [0.2, 0.25) is 0 Å². The number of aromatic nitrogens is 1. The number of guanidine groups is 1. The van der Waals surface area contributed by atoms with Crippen molar-refractivity contribution in [3.05, 3.63) is 39.3 Å². The Balaban J connectivity index is 2.03. The van der Waals surface area contributed by atoms with Crippen LogP contribution in [0.2, 0.25) is 0 Å². The molecule has 1 aromatic carbocycles. The second kappa shape index (κ2) is 10.1. The lowest BCUT2D eigenvalue weighted by Crippen LogP contribution is -2.39. The molecule has 0 aliphatic carbocycles. The lowest BCUT2D eigenvalue weighted by Gasteiger charge is -2.17. The van der Waals surface area contributed by atoms with E-state index < -0.39 is 6.10 Å². The molecule has 0 bridgehead atoms. The van der Waals surface area contributed by atoms with Gasteiger partial charge in [-0.25, -0.2) is 9.98 Å². The third-order valence-electron chi connectivity index (χ3n) is 4.01. The summed E-state index contributed by atoms with van der Waals surface area (Å²) in [7, 11) is 3.17. The maximum atomic E-state index is 10.5. The van der Waals surface area contributed by atoms with Crippen LogP contribution in [0, 0.1) is 13.8 Å². The summed E-state index contributed by atoms with van der Waals surface area (Å²) in [4.78, 5) is 10.3. The smallest absolute Gasteiger partial charge is 0.191 e. The van der Waals surface area contributed by atoms with E-state index in [-0.39, 0.29) is 0 Å². The average Bonchev–Trinajstić information content (AvgIpc) is 3.00. The number of nitrogens with one attached hydrogen (secondary N) is 2. The SMILES string of the molecule is CCNC(=NCc1nc(C)c(C)s1)NCC(O)c1cc(OC)cc(OC)c1. The number of aliphatic imine (C=N–C) groups is 1. The van der Waals surface area contributed by atoms with Gasteiger partial charge in [-0.1, -0.05) is 0 Å². The zero-order chi connectivity index (χ0) is 19.8. The molecule has 0 amide bonds. The highest BCUT2D eigenvalue weighted by atomic mass is 32.1. The molecule has 27 heavy (non-hydrogen) atoms. The van der Waals surface area contributed by atoms with Gasteiger partial charge in [-0.15, -0.1) is 11.3 Å². The van der Waals surface area contributed by atoms with Crippen molar-refractivity contribution in [3.8, 4) is 11.5 Å². The van der Waals surface area contributed by atoms with Crippen LogP contribution < -0.4 is 20.1 Å². The van der Waals surface area contributed by atoms with E-state index >= 15 is 0 Å². The van der Waals surface area contributed by atoms with Crippen LogP contribution in [0.4, 0.5) is 0 Å². The highest BCUT2D eigenvalue weighted by molar-refractivity contribution is 7.11. The molecule has 1 unspecified atom stereocenters. The largest absolute Gasteiger partial charge is 0.497 e. The van der Waals surface area contributed by atoms with Crippen molar-refractivity contribution in [1.29, 1.82) is 0 Å². The predicted octanol–water partition coefficient (Wildman–Crippen LogP) is 2.57. The maximum absolute atomic E-state index is 10.5. The zero-order valence-corrected chi connectivity index (χ0v) is 17.3. The van der Waals surface area contributed by atoms with Crippen LogP contribution in [0.25, 0.3) is 0 Å². The Morgan fingerprint density at radius 1 is 1.19 bits per heavy atom. The molecule has 0 aliphatic heterocycles. The van der Waals surface area contributed by atoms with Crippen LogP contribution in [0.15, 0.2) is 23.2 Å². The summed E-state index contributed by atoms with van der Waals surface area (Å²) in [6.45, 7) is 7.59. The van der Waals surface area contributed by atoms with Gasteiger partial charge in [0.15, 0.2) is 5.96 Å². The molecule has 3 N–H and O–H groups in total. The topological polar surface area (TPSA) is 88.0 Å². The first-order valence-electron chi connectivity index (χ1n) is 8.82. The molecule has 1 heterocycles. The summed E-state index contributed by atoms with van der Waals surface area (Å²) in [5.74, 6) is 1.91. The summed E-state index contributed by atoms with van der Waals surface area (Å²) in [6, 6.07) is 5.35. The minimum Gasteiger partial charge on any atom is -0.497 e. The summed E-state index contributed by atoms with van der Waals surface area (Å²) in [6.07, 6.45) is -0.734. The first-order chi connectivity index (χ1) is 13.0. The van der Waals surface area contributed by atoms with Crippen molar-refractivity contribution >= 4 is 17.3 Å². The van der Waals surface area contributed by atoms with Crippen molar-refractivity contribution in [1.82, 2.24) is 15.6 Å². The Labute approximate surface area is 164 Å². The molecule has 0 spiro atoms. The third-order valence-corrected chi connectivity index (χ3v) is 5.07. The first kappa shape index (κ1) is 21.0. The predicted molar refractivity (Wildman–Crippen MR) is 109 cm³/mol. The fourth-order valence-corrected chi connectivity index (χ4v) is 3.29. The fraction of sp³-hybridized carbons (Fsp3) is 0.474. The van der Waals surface area contributed by atoms with Crippen molar-refractivity contribution in [2.45, 2.75) is 33.4 Å². The number of benzene rings is 1. The minimum atomic E-state index is -0.734. The number of thiazole rings is 1. The van der Waals surface area contributed by atoms with Crippen molar-refractivity contribution in [3.63, 3.8) is 0 Å². The van der Waals surface area contributed by atoms with Crippen LogP contribution in [0.1, 0.15) is 34.2 Å². The molecule has 8 heteroatoms. The van der Waals surface area contributed by atoms with Gasteiger partial charge in [0.05, 0.1) is 32.6 Å². The molecule has 1 atom stereocenters. The number of aliphatic hydroxyl groups is 1. The Morgan fingerprint density at radius 2 is 1.85 bits per heavy atom. The number of rotatable bonds is 8. The number of ether oxygens (including phenoxy) is 2. The van der Waals surface area contributed by atoms with Crippen LogP contribution in [0.3, 0.4) is 0 Å². The Morgan fingerprint density at radius 3 is 2.37 bits per heavy atom. The van der Waals surface area contributed by atoms with Crippen LogP contribution >= 0.6 is 11.3 Å². The van der Waals surface area contributed by atoms with Gasteiger partial charge in [0.1, 0.15) is 16.5 Å². The highest BCUT2D eigenvalue weighted by Crippen LogP contribution is 2.26. The number of hydrogen-bond donors (Lipinski definition) is 3. The normalized spacial score (nSPS) is 12.6. The molecular weight excluding hydrogens is 364 g/mol. The number of aliphatic hydroxyl groups excluding tert-OH is 1. The molecule has 0 radical (unpaired) electrons. The Kier molecular flexibility index (Phi) is 7.87. The van der Waals surface area contributed by atoms with Crippen LogP contribution in [-0.4, -0.2) is 43.4 Å². The van der Waals surface area contributed by atoms with Crippen molar-refractivity contribution < 1.29 is 14.6 Å². The number of methoxy groups -OCH3 is 2. The van der Waals surface area contributed by atoms with Gasteiger partial charge in [-0.2, -0.15) is 0 Å². The molecule has 148 valence electrons. The quantitative estimate of drug-likeness (QED) is 0.473. The van der Waals surface area contributed by atoms with E-state index in [1.807, 2.05) is 13.8 Å². The second-order valence-corrected chi connectivity index (χ2v) is 7.27. The van der Waals surface area contributed by atoms with Crippen molar-refractivity contribution in [2.75, 3.05) is 27.3 Å². The zero-order valence-electron chi connectivity index (χ0n) is 16.5. The van der Waals surface area contributed by atoms with E-state index in [1.54, 1.807) is 43.8 Å². The monoisotopic (exact) mass is 392 g/mol. The van der Waals surface area contributed by atoms with E-state index in [0.717, 1.165) is 17.2 Å². The van der Waals surface area contributed by atoms with E-state index in [9.17, 15) is 5.11 Å². The Bertz CT molecular complexity index is 735. The summed E-state index contributed by atoms with van der Waals surface area (Å²) in [5.41, 5.74) is 1.76. The lowest BCUT2D eigenvalue weighted by atomic mass is 10.1. The second-order valence-electron chi connectivity index (χ2n) is 5.99. The molecule has 0 saturated heterocycles. The maximum Gasteiger partial charge on any atom is 0.191 e. The molecule has 0 fully saturated rings. The number of nitrogens with zero attached hydrogens (tertiary/aromatic N) is 2.